The summed E-state index contributed by atoms with van der Waals surface area (Å²) in [4.78, 5) is 1.94. The van der Waals surface area contributed by atoms with Gasteiger partial charge in [0, 0.05) is 12.1 Å². The van der Waals surface area contributed by atoms with Gasteiger partial charge >= 0.3 is 0 Å². The smallest absolute Gasteiger partial charge is 0.290 e. The van der Waals surface area contributed by atoms with Crippen LogP contribution in [0.25, 0.3) is 0 Å². The van der Waals surface area contributed by atoms with Crippen LogP contribution < -0.4 is 4.74 Å². The molecule has 1 N–H and O–H groups in total. The van der Waals surface area contributed by atoms with Gasteiger partial charge in [-0.15, -0.1) is 0 Å². The van der Waals surface area contributed by atoms with Crippen LogP contribution in [0.5, 0.6) is 5.75 Å². The number of hydrogen-bond acceptors (Lipinski definition) is 2. The van der Waals surface area contributed by atoms with E-state index >= 15 is 0 Å². The van der Waals surface area contributed by atoms with Gasteiger partial charge in [-0.2, -0.15) is 0 Å². The number of nitrogens with zero attached hydrogens (tertiary/aromatic N) is 1. The Morgan fingerprint density at radius 3 is 1.94 bits per heavy atom. The van der Waals surface area contributed by atoms with E-state index in [0.29, 0.717) is 5.75 Å². The van der Waals surface area contributed by atoms with Crippen LogP contribution >= 0.6 is 0 Å². The molecular weight excluding hydrogens is 212 g/mol. The second-order valence-corrected chi connectivity index (χ2v) is 4.82. The molecule has 0 spiro atoms. The summed E-state index contributed by atoms with van der Waals surface area (Å²) in [6.07, 6.45) is 0. The van der Waals surface area contributed by atoms with Crippen LogP contribution in [0.1, 0.15) is 33.3 Å². The second-order valence-electron chi connectivity index (χ2n) is 4.82. The van der Waals surface area contributed by atoms with Crippen LogP contribution in [-0.4, -0.2) is 23.0 Å². The first kappa shape index (κ1) is 13.6. The molecule has 0 radical (unpaired) electrons. The zero-order chi connectivity index (χ0) is 13.0. The third-order valence-electron chi connectivity index (χ3n) is 2.58. The van der Waals surface area contributed by atoms with Crippen LogP contribution in [0.15, 0.2) is 24.3 Å². The zero-order valence-electron chi connectivity index (χ0n) is 11.3. The molecule has 0 bridgehead atoms. The van der Waals surface area contributed by atoms with Gasteiger partial charge in [-0.3, -0.25) is 5.41 Å². The Bertz CT molecular complexity index is 360. The lowest BCUT2D eigenvalue weighted by atomic mass is 10.2. The molecule has 0 heterocycles. The minimum absolute atomic E-state index is 0.207. The summed E-state index contributed by atoms with van der Waals surface area (Å²) in [6, 6.07) is 8.47. The molecule has 0 saturated carbocycles. The Kier molecular flexibility index (Phi) is 4.55. The fourth-order valence-corrected chi connectivity index (χ4v) is 1.84. The van der Waals surface area contributed by atoms with E-state index in [1.54, 1.807) is 0 Å². The van der Waals surface area contributed by atoms with E-state index in [1.807, 2.05) is 36.1 Å². The predicted molar refractivity (Wildman–Crippen MR) is 71.6 cm³/mol. The highest BCUT2D eigenvalue weighted by molar-refractivity contribution is 5.73. The van der Waals surface area contributed by atoms with Gasteiger partial charge in [0.05, 0.1) is 0 Å². The number of benzene rings is 1. The van der Waals surface area contributed by atoms with Crippen LogP contribution in [0.2, 0.25) is 0 Å². The molecule has 3 nitrogen and oxygen atoms in total. The molecule has 0 atom stereocenters. The first-order valence-corrected chi connectivity index (χ1v) is 6.03. The van der Waals surface area contributed by atoms with Gasteiger partial charge in [0.2, 0.25) is 0 Å². The summed E-state index contributed by atoms with van der Waals surface area (Å²) >= 11 is 0. The van der Waals surface area contributed by atoms with E-state index in [-0.39, 0.29) is 18.1 Å². The van der Waals surface area contributed by atoms with E-state index < -0.39 is 0 Å². The van der Waals surface area contributed by atoms with Crippen molar-refractivity contribution in [3.63, 3.8) is 0 Å². The van der Waals surface area contributed by atoms with Gasteiger partial charge in [0.15, 0.2) is 0 Å². The summed E-state index contributed by atoms with van der Waals surface area (Å²) in [6.45, 7) is 10.3. The number of amidine groups is 1. The molecule has 0 saturated heterocycles. The molecule has 0 unspecified atom stereocenters. The van der Waals surface area contributed by atoms with E-state index in [4.69, 9.17) is 10.1 Å². The minimum atomic E-state index is 0.207. The quantitative estimate of drug-likeness (QED) is 0.642. The topological polar surface area (TPSA) is 36.3 Å². The van der Waals surface area contributed by atoms with Crippen molar-refractivity contribution in [2.45, 2.75) is 46.7 Å². The van der Waals surface area contributed by atoms with Crippen molar-refractivity contribution in [3.8, 4) is 5.75 Å². The first-order valence-electron chi connectivity index (χ1n) is 6.03. The Labute approximate surface area is 104 Å². The van der Waals surface area contributed by atoms with Gasteiger partial charge < -0.3 is 9.64 Å². The molecule has 0 aliphatic rings. The maximum Gasteiger partial charge on any atom is 0.290 e. The third-order valence-corrected chi connectivity index (χ3v) is 2.58. The van der Waals surface area contributed by atoms with Crippen molar-refractivity contribution < 1.29 is 4.74 Å². The molecular formula is C14H22N2O. The number of hydrogen-bond donors (Lipinski definition) is 1. The van der Waals surface area contributed by atoms with Crippen LogP contribution in [0.4, 0.5) is 0 Å². The summed E-state index contributed by atoms with van der Waals surface area (Å²) < 4.78 is 5.56. The van der Waals surface area contributed by atoms with Crippen LogP contribution in [0.3, 0.4) is 0 Å². The van der Waals surface area contributed by atoms with Gasteiger partial charge in [0.1, 0.15) is 5.75 Å². The monoisotopic (exact) mass is 234 g/mol. The Morgan fingerprint density at radius 2 is 1.53 bits per heavy atom. The maximum absolute atomic E-state index is 8.00. The van der Waals surface area contributed by atoms with E-state index in [2.05, 4.69) is 27.7 Å². The predicted octanol–water partition coefficient (Wildman–Crippen LogP) is 3.43. The number of nitrogens with one attached hydrogen (secondary N) is 1. The highest BCUT2D eigenvalue weighted by atomic mass is 16.5. The van der Waals surface area contributed by atoms with Gasteiger partial charge in [-0.05, 0) is 46.8 Å². The van der Waals surface area contributed by atoms with Crippen molar-refractivity contribution in [2.75, 3.05) is 0 Å². The standard InChI is InChI=1S/C14H22N2O/c1-10(2)16(11(3)4)14(15)17-13-8-6-12(5)7-9-13/h6-11,15H,1-5H3. The van der Waals surface area contributed by atoms with Crippen molar-refractivity contribution in [1.29, 1.82) is 5.41 Å². The van der Waals surface area contributed by atoms with Gasteiger partial charge in [0.25, 0.3) is 6.02 Å². The summed E-state index contributed by atoms with van der Waals surface area (Å²) in [5.74, 6) is 0.715. The lowest BCUT2D eigenvalue weighted by Crippen LogP contribution is -2.44. The molecule has 0 aliphatic carbocycles. The largest absolute Gasteiger partial charge is 0.426 e. The third kappa shape index (κ3) is 3.77. The molecule has 3 heteroatoms. The lowest BCUT2D eigenvalue weighted by molar-refractivity contribution is 0.242. The Hall–Kier alpha value is -1.51. The molecule has 1 aromatic carbocycles. The average Bonchev–Trinajstić information content (AvgIpc) is 2.20. The molecule has 1 rings (SSSR count). The van der Waals surface area contributed by atoms with Crippen molar-refractivity contribution in [3.05, 3.63) is 29.8 Å². The minimum Gasteiger partial charge on any atom is -0.426 e. The molecule has 17 heavy (non-hydrogen) atoms. The fourth-order valence-electron chi connectivity index (χ4n) is 1.84. The lowest BCUT2D eigenvalue weighted by Gasteiger charge is -2.31. The number of rotatable bonds is 3. The summed E-state index contributed by atoms with van der Waals surface area (Å²) in [5, 5.41) is 8.00. The molecule has 94 valence electrons. The highest BCUT2D eigenvalue weighted by Gasteiger charge is 2.18. The van der Waals surface area contributed by atoms with Crippen molar-refractivity contribution in [1.82, 2.24) is 4.90 Å². The van der Waals surface area contributed by atoms with Crippen LogP contribution in [-0.2, 0) is 0 Å². The van der Waals surface area contributed by atoms with Gasteiger partial charge in [-0.25, -0.2) is 0 Å². The van der Waals surface area contributed by atoms with Crippen molar-refractivity contribution >= 4 is 6.02 Å². The highest BCUT2D eigenvalue weighted by Crippen LogP contribution is 2.14. The SMILES string of the molecule is Cc1ccc(OC(=N)N(C(C)C)C(C)C)cc1. The van der Waals surface area contributed by atoms with E-state index in [1.165, 1.54) is 5.56 Å². The van der Waals surface area contributed by atoms with Gasteiger partial charge in [-0.1, -0.05) is 17.7 Å². The zero-order valence-corrected chi connectivity index (χ0v) is 11.3. The molecule has 0 aromatic heterocycles. The molecule has 1 aromatic rings. The maximum atomic E-state index is 8.00. The van der Waals surface area contributed by atoms with Crippen LogP contribution in [0, 0.1) is 12.3 Å². The Morgan fingerprint density at radius 1 is 1.06 bits per heavy atom. The number of aryl methyl sites for hydroxylation is 1. The molecule has 0 amide bonds. The second kappa shape index (κ2) is 5.71. The van der Waals surface area contributed by atoms with E-state index in [9.17, 15) is 0 Å². The van der Waals surface area contributed by atoms with E-state index in [0.717, 1.165) is 0 Å². The number of ether oxygens (including phenoxy) is 1. The molecule has 0 aliphatic heterocycles. The molecule has 0 fully saturated rings. The Balaban J connectivity index is 2.73. The summed E-state index contributed by atoms with van der Waals surface area (Å²) in [7, 11) is 0. The fraction of sp³-hybridized carbons (Fsp3) is 0.500. The normalized spacial score (nSPS) is 10.8. The van der Waals surface area contributed by atoms with Crippen molar-refractivity contribution in [2.24, 2.45) is 0 Å². The average molecular weight is 234 g/mol. The first-order chi connectivity index (χ1) is 7.91. The summed E-state index contributed by atoms with van der Waals surface area (Å²) in [5.41, 5.74) is 1.19.